The van der Waals surface area contributed by atoms with Crippen LogP contribution in [-0.4, -0.2) is 28.8 Å². The van der Waals surface area contributed by atoms with E-state index in [0.29, 0.717) is 11.3 Å². The molecule has 0 bridgehead atoms. The second-order valence-electron chi connectivity index (χ2n) is 5.59. The predicted octanol–water partition coefficient (Wildman–Crippen LogP) is 2.64. The number of aliphatic carboxylic acids is 1. The molecule has 0 aliphatic rings. The molecule has 1 atom stereocenters. The number of hydrogen-bond donors (Lipinski definition) is 3. The molecule has 116 valence electrons. The third-order valence-corrected chi connectivity index (χ3v) is 2.75. The minimum Gasteiger partial charge on any atom is -0.480 e. The fraction of sp³-hybridized carbons (Fsp3) is 0.429. The average Bonchev–Trinajstić information content (AvgIpc) is 2.30. The molecule has 0 saturated carbocycles. The summed E-state index contributed by atoms with van der Waals surface area (Å²) in [6, 6.07) is 3.81. The van der Waals surface area contributed by atoms with Gasteiger partial charge < -0.3 is 15.6 Å². The highest BCUT2D eigenvalue weighted by Gasteiger charge is 2.17. The molecule has 1 amide bonds. The first-order valence-electron chi connectivity index (χ1n) is 6.35. The number of carboxylic acids is 1. The maximum Gasteiger partial charge on any atom is 0.412 e. The van der Waals surface area contributed by atoms with Gasteiger partial charge in [-0.25, -0.2) is 4.79 Å². The molecule has 0 fully saturated rings. The number of carbonyl (C=O) groups is 2. The van der Waals surface area contributed by atoms with Gasteiger partial charge in [-0.1, -0.05) is 17.7 Å². The number of nitrogens with two attached hydrogens (primary N) is 1. The van der Waals surface area contributed by atoms with E-state index in [0.717, 1.165) is 0 Å². The number of carboxylic acid groups (broad SMARTS) is 1. The molecule has 6 nitrogen and oxygen atoms in total. The van der Waals surface area contributed by atoms with Crippen molar-refractivity contribution in [3.8, 4) is 0 Å². The van der Waals surface area contributed by atoms with Crippen molar-refractivity contribution >= 4 is 29.4 Å². The normalized spacial score (nSPS) is 12.6. The third kappa shape index (κ3) is 6.01. The molecular weight excluding hydrogens is 296 g/mol. The monoisotopic (exact) mass is 314 g/mol. The topological polar surface area (TPSA) is 102 Å². The quantitative estimate of drug-likeness (QED) is 0.793. The van der Waals surface area contributed by atoms with Crippen molar-refractivity contribution in [2.24, 2.45) is 5.73 Å². The van der Waals surface area contributed by atoms with Crippen LogP contribution in [0.5, 0.6) is 0 Å². The van der Waals surface area contributed by atoms with E-state index in [1.54, 1.807) is 39.0 Å². The second-order valence-corrected chi connectivity index (χ2v) is 6.00. The van der Waals surface area contributed by atoms with E-state index >= 15 is 0 Å². The number of nitrogens with one attached hydrogen (secondary N) is 1. The fourth-order valence-corrected chi connectivity index (χ4v) is 1.79. The predicted molar refractivity (Wildman–Crippen MR) is 80.6 cm³/mol. The summed E-state index contributed by atoms with van der Waals surface area (Å²) in [5, 5.41) is 11.6. The van der Waals surface area contributed by atoms with Crippen LogP contribution in [0.1, 0.15) is 26.3 Å². The van der Waals surface area contributed by atoms with E-state index in [4.69, 9.17) is 27.2 Å². The summed E-state index contributed by atoms with van der Waals surface area (Å²) >= 11 is 6.05. The van der Waals surface area contributed by atoms with Gasteiger partial charge >= 0.3 is 12.1 Å². The van der Waals surface area contributed by atoms with Gasteiger partial charge in [-0.05, 0) is 44.9 Å². The lowest BCUT2D eigenvalue weighted by molar-refractivity contribution is -0.138. The third-order valence-electron chi connectivity index (χ3n) is 2.44. The van der Waals surface area contributed by atoms with Gasteiger partial charge in [-0.2, -0.15) is 0 Å². The van der Waals surface area contributed by atoms with E-state index in [-0.39, 0.29) is 11.4 Å². The second kappa shape index (κ2) is 6.78. The highest BCUT2D eigenvalue weighted by molar-refractivity contribution is 6.33. The Balaban J connectivity index is 2.75. The number of halogens is 1. The molecule has 0 spiro atoms. The lowest BCUT2D eigenvalue weighted by Crippen LogP contribution is -2.32. The van der Waals surface area contributed by atoms with Crippen LogP contribution in [-0.2, 0) is 16.0 Å². The number of carbonyl (C=O) groups excluding carboxylic acids is 1. The van der Waals surface area contributed by atoms with Gasteiger partial charge in [0.15, 0.2) is 0 Å². The Hall–Kier alpha value is -1.79. The lowest BCUT2D eigenvalue weighted by Gasteiger charge is -2.20. The van der Waals surface area contributed by atoms with Crippen molar-refractivity contribution in [2.45, 2.75) is 38.8 Å². The van der Waals surface area contributed by atoms with Gasteiger partial charge in [-0.3, -0.25) is 10.1 Å². The molecule has 1 rings (SSSR count). The summed E-state index contributed by atoms with van der Waals surface area (Å²) in [6.07, 6.45) is -0.457. The summed E-state index contributed by atoms with van der Waals surface area (Å²) in [5.74, 6) is -1.08. The molecule has 1 aromatic rings. The first-order chi connectivity index (χ1) is 9.58. The largest absolute Gasteiger partial charge is 0.480 e. The minimum absolute atomic E-state index is 0.155. The number of hydrogen-bond acceptors (Lipinski definition) is 4. The van der Waals surface area contributed by atoms with Gasteiger partial charge in [0.05, 0.1) is 10.7 Å². The van der Waals surface area contributed by atoms with Crippen LogP contribution in [0.2, 0.25) is 5.02 Å². The zero-order chi connectivity index (χ0) is 16.2. The van der Waals surface area contributed by atoms with Crippen molar-refractivity contribution in [3.05, 3.63) is 28.8 Å². The zero-order valence-corrected chi connectivity index (χ0v) is 12.9. The maximum atomic E-state index is 11.6. The Labute approximate surface area is 128 Å². The van der Waals surface area contributed by atoms with E-state index in [1.807, 2.05) is 0 Å². The van der Waals surface area contributed by atoms with Crippen LogP contribution in [0.25, 0.3) is 0 Å². The molecule has 7 heteroatoms. The fourth-order valence-electron chi connectivity index (χ4n) is 1.54. The lowest BCUT2D eigenvalue weighted by atomic mass is 10.1. The smallest absolute Gasteiger partial charge is 0.412 e. The van der Waals surface area contributed by atoms with E-state index in [9.17, 15) is 9.59 Å². The molecule has 0 saturated heterocycles. The highest BCUT2D eigenvalue weighted by Crippen LogP contribution is 2.24. The van der Waals surface area contributed by atoms with Gasteiger partial charge in [0.2, 0.25) is 0 Å². The molecule has 1 aromatic carbocycles. The van der Waals surface area contributed by atoms with Crippen LogP contribution in [0, 0.1) is 0 Å². The Morgan fingerprint density at radius 3 is 2.52 bits per heavy atom. The molecule has 0 aliphatic heterocycles. The first kappa shape index (κ1) is 17.3. The van der Waals surface area contributed by atoms with Crippen LogP contribution in [0.3, 0.4) is 0 Å². The molecular formula is C14H19ClN2O4. The van der Waals surface area contributed by atoms with Crippen molar-refractivity contribution in [1.82, 2.24) is 0 Å². The Morgan fingerprint density at radius 2 is 2.05 bits per heavy atom. The van der Waals surface area contributed by atoms with Gasteiger partial charge in [-0.15, -0.1) is 0 Å². The number of benzene rings is 1. The first-order valence-corrected chi connectivity index (χ1v) is 6.73. The summed E-state index contributed by atoms with van der Waals surface area (Å²) in [7, 11) is 0. The van der Waals surface area contributed by atoms with E-state index < -0.39 is 23.7 Å². The van der Waals surface area contributed by atoms with Gasteiger partial charge in [0, 0.05) is 0 Å². The van der Waals surface area contributed by atoms with Crippen molar-refractivity contribution in [3.63, 3.8) is 0 Å². The number of rotatable bonds is 4. The van der Waals surface area contributed by atoms with Crippen LogP contribution in [0.4, 0.5) is 10.5 Å². The van der Waals surface area contributed by atoms with Gasteiger partial charge in [0.1, 0.15) is 11.6 Å². The van der Waals surface area contributed by atoms with Crippen LogP contribution in [0.15, 0.2) is 18.2 Å². The molecule has 4 N–H and O–H groups in total. The van der Waals surface area contributed by atoms with E-state index in [1.165, 1.54) is 0 Å². The van der Waals surface area contributed by atoms with Crippen molar-refractivity contribution < 1.29 is 19.4 Å². The summed E-state index contributed by atoms with van der Waals surface area (Å²) in [4.78, 5) is 22.3. The Kier molecular flexibility index (Phi) is 5.57. The summed E-state index contributed by atoms with van der Waals surface area (Å²) < 4.78 is 5.12. The average molecular weight is 315 g/mol. The number of anilines is 1. The Morgan fingerprint density at radius 1 is 1.43 bits per heavy atom. The molecule has 0 radical (unpaired) electrons. The SMILES string of the molecule is CC(C)(C)OC(=O)Nc1ccc(CC(N)C(=O)O)cc1Cl. The van der Waals surface area contributed by atoms with Crippen LogP contribution >= 0.6 is 11.6 Å². The minimum atomic E-state index is -1.08. The number of amides is 1. The molecule has 0 heterocycles. The van der Waals surface area contributed by atoms with Gasteiger partial charge in [0.25, 0.3) is 0 Å². The Bertz CT molecular complexity index is 540. The summed E-state index contributed by atoms with van der Waals surface area (Å²) in [6.45, 7) is 5.26. The molecule has 21 heavy (non-hydrogen) atoms. The van der Waals surface area contributed by atoms with Crippen molar-refractivity contribution in [2.75, 3.05) is 5.32 Å². The summed E-state index contributed by atoms with van der Waals surface area (Å²) in [5.41, 5.74) is 5.91. The van der Waals surface area contributed by atoms with E-state index in [2.05, 4.69) is 5.32 Å². The maximum absolute atomic E-state index is 11.6. The highest BCUT2D eigenvalue weighted by atomic mass is 35.5. The van der Waals surface area contributed by atoms with Crippen molar-refractivity contribution in [1.29, 1.82) is 0 Å². The zero-order valence-electron chi connectivity index (χ0n) is 12.1. The standard InChI is InChI=1S/C14H19ClN2O4/c1-14(2,3)21-13(20)17-11-5-4-8(6-9(11)15)7-10(16)12(18)19/h4-6,10H,7,16H2,1-3H3,(H,17,20)(H,18,19). The van der Waals surface area contributed by atoms with Crippen LogP contribution < -0.4 is 11.1 Å². The molecule has 0 aliphatic carbocycles. The molecule has 0 aromatic heterocycles. The number of ether oxygens (including phenoxy) is 1. The molecule has 1 unspecified atom stereocenters.